The smallest absolute Gasteiger partial charge is 0.401 e. The fraction of sp³-hybridized carbons (Fsp3) is 0.647. The number of alkyl halides is 3. The molecule has 2 N–H and O–H groups in total. The van der Waals surface area contributed by atoms with Gasteiger partial charge in [0.25, 0.3) is 0 Å². The third kappa shape index (κ3) is 9.24. The van der Waals surface area contributed by atoms with Crippen LogP contribution in [0.25, 0.3) is 0 Å². The van der Waals surface area contributed by atoms with Gasteiger partial charge in [0, 0.05) is 52.1 Å². The minimum atomic E-state index is -4.17. The molecule has 28 heavy (non-hydrogen) atoms. The molecule has 1 fully saturated rings. The quantitative estimate of drug-likeness (QED) is 0.238. The number of ether oxygens (including phenoxy) is 2. The minimum absolute atomic E-state index is 0. The zero-order valence-corrected chi connectivity index (χ0v) is 18.3. The summed E-state index contributed by atoms with van der Waals surface area (Å²) in [6.07, 6.45) is -1.82. The first-order chi connectivity index (χ1) is 12.9. The van der Waals surface area contributed by atoms with Crippen LogP contribution in [-0.4, -0.2) is 75.1 Å². The molecule has 0 saturated carbocycles. The van der Waals surface area contributed by atoms with Gasteiger partial charge in [-0.25, -0.2) is 4.98 Å². The molecule has 7 nitrogen and oxygen atoms in total. The van der Waals surface area contributed by atoms with Gasteiger partial charge in [0.15, 0.2) is 5.96 Å². The molecule has 1 aliphatic rings. The number of nitrogens with zero attached hydrogens (tertiary/aromatic N) is 3. The van der Waals surface area contributed by atoms with Gasteiger partial charge in [0.1, 0.15) is 6.61 Å². The number of rotatable bonds is 8. The first-order valence-electron chi connectivity index (χ1n) is 8.72. The van der Waals surface area contributed by atoms with Crippen molar-refractivity contribution in [3.63, 3.8) is 0 Å². The lowest BCUT2D eigenvalue weighted by Gasteiger charge is -2.19. The summed E-state index contributed by atoms with van der Waals surface area (Å²) in [7, 11) is 3.23. The van der Waals surface area contributed by atoms with Crippen LogP contribution < -0.4 is 15.4 Å². The highest BCUT2D eigenvalue weighted by molar-refractivity contribution is 14.0. The number of aromatic nitrogens is 1. The Bertz CT molecular complexity index is 601. The molecule has 1 aromatic rings. The average Bonchev–Trinajstić information content (AvgIpc) is 3.05. The van der Waals surface area contributed by atoms with Crippen molar-refractivity contribution in [2.45, 2.75) is 25.2 Å². The number of halogens is 4. The van der Waals surface area contributed by atoms with E-state index in [2.05, 4.69) is 20.6 Å². The van der Waals surface area contributed by atoms with Crippen LogP contribution >= 0.6 is 24.0 Å². The fourth-order valence-corrected chi connectivity index (χ4v) is 2.75. The molecule has 1 unspecified atom stereocenters. The van der Waals surface area contributed by atoms with Crippen molar-refractivity contribution < 1.29 is 22.6 Å². The van der Waals surface area contributed by atoms with E-state index in [1.54, 1.807) is 26.4 Å². The number of methoxy groups -OCH3 is 1. The summed E-state index contributed by atoms with van der Waals surface area (Å²) in [5.41, 5.74) is 0.933. The lowest BCUT2D eigenvalue weighted by Crippen LogP contribution is -2.44. The standard InChI is InChI=1S/C17H26F3N5O2.HI/c1-21-16(24-14-5-6-25(11-14)12-17(18,19)20)23-10-13-3-4-15(22-9-13)27-8-7-26-2;/h3-4,9,14H,5-8,10-12H2,1-2H3,(H2,21,23,24);1H. The maximum atomic E-state index is 12.5. The monoisotopic (exact) mass is 517 g/mol. The molecule has 11 heteroatoms. The zero-order valence-electron chi connectivity index (χ0n) is 16.0. The van der Waals surface area contributed by atoms with Gasteiger partial charge in [-0.2, -0.15) is 13.2 Å². The predicted molar refractivity (Wildman–Crippen MR) is 111 cm³/mol. The lowest BCUT2D eigenvalue weighted by molar-refractivity contribution is -0.143. The van der Waals surface area contributed by atoms with Crippen LogP contribution in [0.3, 0.4) is 0 Å². The normalized spacial score (nSPS) is 17.9. The van der Waals surface area contributed by atoms with Crippen LogP contribution in [0.4, 0.5) is 13.2 Å². The topological polar surface area (TPSA) is 71.0 Å². The first-order valence-corrected chi connectivity index (χ1v) is 8.72. The van der Waals surface area contributed by atoms with Gasteiger partial charge in [0.05, 0.1) is 13.2 Å². The van der Waals surface area contributed by atoms with Crippen molar-refractivity contribution in [2.24, 2.45) is 4.99 Å². The van der Waals surface area contributed by atoms with Crippen LogP contribution in [0.15, 0.2) is 23.3 Å². The Morgan fingerprint density at radius 2 is 2.14 bits per heavy atom. The maximum Gasteiger partial charge on any atom is 0.401 e. The predicted octanol–water partition coefficient (Wildman–Crippen LogP) is 2.03. The number of likely N-dealkylation sites (tertiary alicyclic amines) is 1. The van der Waals surface area contributed by atoms with Crippen molar-refractivity contribution in [3.8, 4) is 5.88 Å². The molecule has 0 aromatic carbocycles. The van der Waals surface area contributed by atoms with Gasteiger partial charge in [-0.3, -0.25) is 9.89 Å². The number of guanidine groups is 1. The van der Waals surface area contributed by atoms with Crippen LogP contribution in [0, 0.1) is 0 Å². The number of hydrogen-bond acceptors (Lipinski definition) is 5. The zero-order chi connectivity index (χ0) is 19.7. The summed E-state index contributed by atoms with van der Waals surface area (Å²) < 4.78 is 47.7. The highest BCUT2D eigenvalue weighted by Gasteiger charge is 2.34. The Morgan fingerprint density at radius 3 is 2.75 bits per heavy atom. The second-order valence-corrected chi connectivity index (χ2v) is 6.25. The van der Waals surface area contributed by atoms with E-state index in [-0.39, 0.29) is 30.0 Å². The van der Waals surface area contributed by atoms with Crippen LogP contribution in [0.5, 0.6) is 5.88 Å². The average molecular weight is 517 g/mol. The second kappa shape index (κ2) is 12.3. The van der Waals surface area contributed by atoms with Gasteiger partial charge in [-0.15, -0.1) is 24.0 Å². The van der Waals surface area contributed by atoms with Gasteiger partial charge in [-0.1, -0.05) is 6.07 Å². The summed E-state index contributed by atoms with van der Waals surface area (Å²) in [5, 5.41) is 6.31. The second-order valence-electron chi connectivity index (χ2n) is 6.25. The first kappa shape index (κ1) is 24.7. The molecule has 1 atom stereocenters. The molecule has 0 aliphatic carbocycles. The van der Waals surface area contributed by atoms with Crippen LogP contribution in [0.1, 0.15) is 12.0 Å². The van der Waals surface area contributed by atoms with Gasteiger partial charge >= 0.3 is 6.18 Å². The molecule has 160 valence electrons. The van der Waals surface area contributed by atoms with Crippen molar-refractivity contribution in [1.29, 1.82) is 0 Å². The number of pyridine rings is 1. The molecule has 0 amide bonds. The number of nitrogens with one attached hydrogen (secondary N) is 2. The molecule has 1 aromatic heterocycles. The Hall–Kier alpha value is -1.34. The summed E-state index contributed by atoms with van der Waals surface area (Å²) in [6.45, 7) is 1.31. The molecule has 0 spiro atoms. The van der Waals surface area contributed by atoms with E-state index < -0.39 is 12.7 Å². The minimum Gasteiger partial charge on any atom is -0.475 e. The van der Waals surface area contributed by atoms with E-state index >= 15 is 0 Å². The highest BCUT2D eigenvalue weighted by Crippen LogP contribution is 2.19. The Labute approximate surface area is 180 Å². The number of hydrogen-bond donors (Lipinski definition) is 2. The largest absolute Gasteiger partial charge is 0.475 e. The maximum absolute atomic E-state index is 12.5. The van der Waals surface area contributed by atoms with E-state index in [4.69, 9.17) is 9.47 Å². The van der Waals surface area contributed by atoms with E-state index in [1.165, 1.54) is 4.90 Å². The van der Waals surface area contributed by atoms with Gasteiger partial charge < -0.3 is 20.1 Å². The number of aliphatic imine (C=N–C) groups is 1. The lowest BCUT2D eigenvalue weighted by atomic mass is 10.2. The van der Waals surface area contributed by atoms with E-state index in [9.17, 15) is 13.2 Å². The van der Waals surface area contributed by atoms with E-state index in [0.717, 1.165) is 5.56 Å². The summed E-state index contributed by atoms with van der Waals surface area (Å²) in [4.78, 5) is 9.74. The molecule has 0 radical (unpaired) electrons. The van der Waals surface area contributed by atoms with Crippen molar-refractivity contribution in [3.05, 3.63) is 23.9 Å². The van der Waals surface area contributed by atoms with Crippen LogP contribution in [-0.2, 0) is 11.3 Å². The van der Waals surface area contributed by atoms with Crippen LogP contribution in [0.2, 0.25) is 0 Å². The molecular formula is C17H27F3IN5O2. The summed E-state index contributed by atoms with van der Waals surface area (Å²) >= 11 is 0. The molecule has 1 aliphatic heterocycles. The Balaban J connectivity index is 0.00000392. The van der Waals surface area contributed by atoms with Gasteiger partial charge in [0.2, 0.25) is 5.88 Å². The Morgan fingerprint density at radius 1 is 1.36 bits per heavy atom. The molecule has 2 rings (SSSR count). The van der Waals surface area contributed by atoms with Crippen molar-refractivity contribution >= 4 is 29.9 Å². The highest BCUT2D eigenvalue weighted by atomic mass is 127. The molecule has 2 heterocycles. The molecule has 1 saturated heterocycles. The molecular weight excluding hydrogens is 490 g/mol. The molecule has 0 bridgehead atoms. The fourth-order valence-electron chi connectivity index (χ4n) is 2.75. The van der Waals surface area contributed by atoms with Crippen molar-refractivity contribution in [2.75, 3.05) is 47.0 Å². The Kier molecular flexibility index (Phi) is 10.8. The van der Waals surface area contributed by atoms with Gasteiger partial charge in [-0.05, 0) is 12.0 Å². The third-order valence-corrected chi connectivity index (χ3v) is 4.03. The summed E-state index contributed by atoms with van der Waals surface area (Å²) in [6, 6.07) is 3.60. The van der Waals surface area contributed by atoms with E-state index in [1.807, 2.05) is 6.07 Å². The summed E-state index contributed by atoms with van der Waals surface area (Å²) in [5.74, 6) is 1.07. The third-order valence-electron chi connectivity index (χ3n) is 4.03. The van der Waals surface area contributed by atoms with Crippen molar-refractivity contribution in [1.82, 2.24) is 20.5 Å². The van der Waals surface area contributed by atoms with E-state index in [0.29, 0.717) is 51.1 Å². The SMILES string of the molecule is CN=C(NCc1ccc(OCCOC)nc1)NC1CCN(CC(F)(F)F)C1.I.